The van der Waals surface area contributed by atoms with Crippen molar-refractivity contribution in [2.75, 3.05) is 14.1 Å². The predicted molar refractivity (Wildman–Crippen MR) is 61.5 cm³/mol. The van der Waals surface area contributed by atoms with Crippen molar-refractivity contribution >= 4 is 5.78 Å². The van der Waals surface area contributed by atoms with Crippen molar-refractivity contribution in [1.82, 2.24) is 4.90 Å². The SMILES string of the molecule is CCC(CC)(C(=O)CC(C)C)N(C)C. The largest absolute Gasteiger partial charge is 0.298 e. The first kappa shape index (κ1) is 13.6. The van der Waals surface area contributed by atoms with E-state index in [4.69, 9.17) is 0 Å². The van der Waals surface area contributed by atoms with E-state index in [2.05, 4.69) is 32.6 Å². The van der Waals surface area contributed by atoms with Crippen LogP contribution in [0.3, 0.4) is 0 Å². The first-order valence-corrected chi connectivity index (χ1v) is 5.61. The minimum atomic E-state index is -0.232. The van der Waals surface area contributed by atoms with Crippen LogP contribution >= 0.6 is 0 Å². The van der Waals surface area contributed by atoms with Crippen molar-refractivity contribution < 1.29 is 4.79 Å². The van der Waals surface area contributed by atoms with Crippen LogP contribution in [0.15, 0.2) is 0 Å². The summed E-state index contributed by atoms with van der Waals surface area (Å²) in [6.07, 6.45) is 2.50. The molecule has 0 amide bonds. The molecule has 0 aliphatic heterocycles. The minimum Gasteiger partial charge on any atom is -0.298 e. The average Bonchev–Trinajstić information content (AvgIpc) is 2.05. The van der Waals surface area contributed by atoms with Crippen molar-refractivity contribution in [2.45, 2.75) is 52.5 Å². The number of hydrogen-bond donors (Lipinski definition) is 0. The molecule has 0 radical (unpaired) electrons. The topological polar surface area (TPSA) is 20.3 Å². The van der Waals surface area contributed by atoms with Crippen LogP contribution in [0.4, 0.5) is 0 Å². The highest BCUT2D eigenvalue weighted by Crippen LogP contribution is 2.25. The zero-order chi connectivity index (χ0) is 11.4. The van der Waals surface area contributed by atoms with Crippen LogP contribution in [-0.2, 0) is 4.79 Å². The lowest BCUT2D eigenvalue weighted by Gasteiger charge is -2.37. The predicted octanol–water partition coefficient (Wildman–Crippen LogP) is 2.72. The summed E-state index contributed by atoms with van der Waals surface area (Å²) in [7, 11) is 4.01. The van der Waals surface area contributed by atoms with Gasteiger partial charge < -0.3 is 0 Å². The van der Waals surface area contributed by atoms with Crippen LogP contribution in [0.5, 0.6) is 0 Å². The molecule has 0 aliphatic rings. The molecule has 0 N–H and O–H groups in total. The fourth-order valence-electron chi connectivity index (χ4n) is 2.09. The quantitative estimate of drug-likeness (QED) is 0.655. The maximum Gasteiger partial charge on any atom is 0.153 e. The monoisotopic (exact) mass is 199 g/mol. The van der Waals surface area contributed by atoms with Gasteiger partial charge in [0.25, 0.3) is 0 Å². The molecule has 0 saturated carbocycles. The first-order valence-electron chi connectivity index (χ1n) is 5.61. The van der Waals surface area contributed by atoms with Gasteiger partial charge in [0.05, 0.1) is 5.54 Å². The molecule has 0 saturated heterocycles. The van der Waals surface area contributed by atoms with Gasteiger partial charge in [0, 0.05) is 6.42 Å². The third-order valence-electron chi connectivity index (χ3n) is 3.14. The summed E-state index contributed by atoms with van der Waals surface area (Å²) in [6.45, 7) is 8.40. The highest BCUT2D eigenvalue weighted by Gasteiger charge is 2.36. The second-order valence-electron chi connectivity index (χ2n) is 4.65. The van der Waals surface area contributed by atoms with E-state index in [0.717, 1.165) is 12.8 Å². The number of ketones is 1. The number of Topliss-reactive ketones (excluding diaryl/α,β-unsaturated/α-hetero) is 1. The molecular weight excluding hydrogens is 174 g/mol. The lowest BCUT2D eigenvalue weighted by molar-refractivity contribution is -0.131. The Morgan fingerprint density at radius 1 is 1.21 bits per heavy atom. The normalized spacial score (nSPS) is 12.6. The van der Waals surface area contributed by atoms with Gasteiger partial charge in [0.2, 0.25) is 0 Å². The summed E-state index contributed by atoms with van der Waals surface area (Å²) in [5, 5.41) is 0. The molecule has 0 bridgehead atoms. The Morgan fingerprint density at radius 3 is 1.86 bits per heavy atom. The van der Waals surface area contributed by atoms with Crippen LogP contribution < -0.4 is 0 Å². The van der Waals surface area contributed by atoms with Crippen molar-refractivity contribution in [3.63, 3.8) is 0 Å². The van der Waals surface area contributed by atoms with E-state index in [1.807, 2.05) is 14.1 Å². The number of hydrogen-bond acceptors (Lipinski definition) is 2. The van der Waals surface area contributed by atoms with Gasteiger partial charge in [-0.1, -0.05) is 27.7 Å². The number of carbonyl (C=O) groups excluding carboxylic acids is 1. The summed E-state index contributed by atoms with van der Waals surface area (Å²) < 4.78 is 0. The third-order valence-corrected chi connectivity index (χ3v) is 3.14. The Morgan fingerprint density at radius 2 is 1.64 bits per heavy atom. The van der Waals surface area contributed by atoms with Crippen LogP contribution in [0, 0.1) is 5.92 Å². The van der Waals surface area contributed by atoms with Gasteiger partial charge >= 0.3 is 0 Å². The fourth-order valence-corrected chi connectivity index (χ4v) is 2.09. The average molecular weight is 199 g/mol. The van der Waals surface area contributed by atoms with E-state index < -0.39 is 0 Å². The van der Waals surface area contributed by atoms with Crippen molar-refractivity contribution in [3.8, 4) is 0 Å². The molecule has 0 aliphatic carbocycles. The van der Waals surface area contributed by atoms with Crippen molar-refractivity contribution in [2.24, 2.45) is 5.92 Å². The standard InChI is InChI=1S/C12H25NO/c1-7-12(8-2,13(5)6)11(14)9-10(3)4/h10H,7-9H2,1-6H3. The van der Waals surface area contributed by atoms with E-state index in [0.29, 0.717) is 18.1 Å². The molecule has 2 nitrogen and oxygen atoms in total. The summed E-state index contributed by atoms with van der Waals surface area (Å²) in [4.78, 5) is 14.2. The number of nitrogens with zero attached hydrogens (tertiary/aromatic N) is 1. The summed E-state index contributed by atoms with van der Waals surface area (Å²) in [5.74, 6) is 0.849. The van der Waals surface area contributed by atoms with E-state index >= 15 is 0 Å². The molecule has 0 heterocycles. The highest BCUT2D eigenvalue weighted by molar-refractivity contribution is 5.88. The molecule has 84 valence electrons. The highest BCUT2D eigenvalue weighted by atomic mass is 16.1. The Kier molecular flexibility index (Phi) is 5.35. The number of likely N-dealkylation sites (N-methyl/N-ethyl adjacent to an activating group) is 1. The minimum absolute atomic E-state index is 0.232. The summed E-state index contributed by atoms with van der Waals surface area (Å²) in [6, 6.07) is 0. The van der Waals surface area contributed by atoms with Crippen LogP contribution in [0.1, 0.15) is 47.0 Å². The van der Waals surface area contributed by atoms with Gasteiger partial charge in [-0.05, 0) is 32.9 Å². The molecule has 0 unspecified atom stereocenters. The lowest BCUT2D eigenvalue weighted by atomic mass is 9.83. The third kappa shape index (κ3) is 2.81. The van der Waals surface area contributed by atoms with Crippen molar-refractivity contribution in [3.05, 3.63) is 0 Å². The molecule has 2 heteroatoms. The molecule has 0 rings (SSSR count). The number of rotatable bonds is 6. The molecule has 0 aromatic carbocycles. The van der Waals surface area contributed by atoms with E-state index in [9.17, 15) is 4.79 Å². The van der Waals surface area contributed by atoms with Crippen LogP contribution in [0.25, 0.3) is 0 Å². The van der Waals surface area contributed by atoms with Gasteiger partial charge in [-0.15, -0.1) is 0 Å². The molecule has 14 heavy (non-hydrogen) atoms. The Hall–Kier alpha value is -0.370. The maximum absolute atomic E-state index is 12.1. The Bertz CT molecular complexity index is 181. The zero-order valence-electron chi connectivity index (χ0n) is 10.6. The summed E-state index contributed by atoms with van der Waals surface area (Å²) >= 11 is 0. The van der Waals surface area contributed by atoms with Crippen molar-refractivity contribution in [1.29, 1.82) is 0 Å². The second kappa shape index (κ2) is 5.50. The van der Waals surface area contributed by atoms with Gasteiger partial charge in [-0.3, -0.25) is 9.69 Å². The van der Waals surface area contributed by atoms with E-state index in [1.165, 1.54) is 0 Å². The van der Waals surface area contributed by atoms with Gasteiger partial charge in [0.15, 0.2) is 5.78 Å². The van der Waals surface area contributed by atoms with Gasteiger partial charge in [-0.2, -0.15) is 0 Å². The van der Waals surface area contributed by atoms with E-state index in [-0.39, 0.29) is 5.54 Å². The number of carbonyl (C=O) groups is 1. The lowest BCUT2D eigenvalue weighted by Crippen LogP contribution is -2.50. The van der Waals surface area contributed by atoms with Gasteiger partial charge in [0.1, 0.15) is 0 Å². The molecule has 0 aromatic heterocycles. The molecule has 0 aromatic rings. The smallest absolute Gasteiger partial charge is 0.153 e. The van der Waals surface area contributed by atoms with Crippen LogP contribution in [0.2, 0.25) is 0 Å². The molecule has 0 spiro atoms. The Labute approximate surface area is 88.7 Å². The first-order chi connectivity index (χ1) is 6.40. The maximum atomic E-state index is 12.1. The zero-order valence-corrected chi connectivity index (χ0v) is 10.6. The molecule has 0 atom stereocenters. The molecular formula is C12H25NO. The molecule has 0 fully saturated rings. The van der Waals surface area contributed by atoms with Crippen LogP contribution in [-0.4, -0.2) is 30.3 Å². The van der Waals surface area contributed by atoms with E-state index in [1.54, 1.807) is 0 Å². The Balaban J connectivity index is 4.71. The second-order valence-corrected chi connectivity index (χ2v) is 4.65. The summed E-state index contributed by atoms with van der Waals surface area (Å²) in [5.41, 5.74) is -0.232. The fraction of sp³-hybridized carbons (Fsp3) is 0.917. The van der Waals surface area contributed by atoms with Gasteiger partial charge in [-0.25, -0.2) is 0 Å².